The van der Waals surface area contributed by atoms with Crippen molar-refractivity contribution < 1.29 is 4.79 Å². The summed E-state index contributed by atoms with van der Waals surface area (Å²) in [5.41, 5.74) is 0. The molecule has 1 heterocycles. The minimum absolute atomic E-state index is 0.369. The minimum atomic E-state index is 0.369. The molecule has 2 nitrogen and oxygen atoms in total. The molecule has 2 aliphatic rings. The van der Waals surface area contributed by atoms with Crippen LogP contribution < -0.4 is 0 Å². The molecule has 0 aromatic heterocycles. The van der Waals surface area contributed by atoms with E-state index in [1.807, 2.05) is 0 Å². The van der Waals surface area contributed by atoms with Gasteiger partial charge in [0.15, 0.2) is 0 Å². The van der Waals surface area contributed by atoms with Gasteiger partial charge in [-0.1, -0.05) is 0 Å². The Morgan fingerprint density at radius 1 is 1.36 bits per heavy atom. The van der Waals surface area contributed by atoms with Crippen LogP contribution in [-0.4, -0.2) is 30.3 Å². The number of nitrogens with zero attached hydrogens (tertiary/aromatic N) is 1. The number of carbonyl (C=O) groups excluding carboxylic acids is 1. The summed E-state index contributed by atoms with van der Waals surface area (Å²) in [5, 5.41) is 0. The van der Waals surface area contributed by atoms with Crippen molar-refractivity contribution in [1.29, 1.82) is 0 Å². The molecule has 2 atom stereocenters. The lowest BCUT2D eigenvalue weighted by Crippen LogP contribution is -2.33. The number of carbonyl (C=O) groups is 1. The van der Waals surface area contributed by atoms with Crippen molar-refractivity contribution in [3.05, 3.63) is 6.42 Å². The quantitative estimate of drug-likeness (QED) is 0.547. The first kappa shape index (κ1) is 7.29. The normalized spacial score (nSPS) is 38.5. The summed E-state index contributed by atoms with van der Waals surface area (Å²) in [5.74, 6) is 0.369. The lowest BCUT2D eigenvalue weighted by molar-refractivity contribution is -0.109. The summed E-state index contributed by atoms with van der Waals surface area (Å²) in [6.45, 7) is 2.35. The lowest BCUT2D eigenvalue weighted by Gasteiger charge is -2.26. The van der Waals surface area contributed by atoms with E-state index in [1.54, 1.807) is 0 Å². The first-order valence-electron chi connectivity index (χ1n) is 4.43. The molecule has 2 heteroatoms. The molecule has 0 aromatic carbocycles. The highest BCUT2D eigenvalue weighted by Crippen LogP contribution is 2.35. The summed E-state index contributed by atoms with van der Waals surface area (Å²) < 4.78 is 0. The van der Waals surface area contributed by atoms with E-state index in [2.05, 4.69) is 11.3 Å². The van der Waals surface area contributed by atoms with Crippen LogP contribution in [0.1, 0.15) is 19.3 Å². The maximum absolute atomic E-state index is 10.4. The van der Waals surface area contributed by atoms with Crippen LogP contribution in [0.15, 0.2) is 0 Å². The molecule has 0 spiro atoms. The molecule has 1 radical (unpaired) electrons. The van der Waals surface area contributed by atoms with Crippen LogP contribution in [0.2, 0.25) is 0 Å². The Bertz CT molecular complexity index is 152. The number of hydrogen-bond acceptors (Lipinski definition) is 2. The summed E-state index contributed by atoms with van der Waals surface area (Å²) in [7, 11) is 0. The standard InChI is InChI=1S/C9H14NO/c11-7-8-6-9(8)10-4-2-1-3-5-10/h1,7-9H,2-6H2. The Balaban J connectivity index is 1.81. The molecule has 1 saturated carbocycles. The number of aldehydes is 1. The average molecular weight is 152 g/mol. The Morgan fingerprint density at radius 2 is 2.09 bits per heavy atom. The van der Waals surface area contributed by atoms with Gasteiger partial charge < -0.3 is 4.79 Å². The Hall–Kier alpha value is -0.370. The van der Waals surface area contributed by atoms with Gasteiger partial charge in [-0.25, -0.2) is 0 Å². The zero-order chi connectivity index (χ0) is 7.68. The van der Waals surface area contributed by atoms with Gasteiger partial charge in [0.05, 0.1) is 0 Å². The predicted molar refractivity (Wildman–Crippen MR) is 43.1 cm³/mol. The van der Waals surface area contributed by atoms with Gasteiger partial charge in [0, 0.05) is 12.0 Å². The molecule has 0 bridgehead atoms. The van der Waals surface area contributed by atoms with Crippen LogP contribution in [0.4, 0.5) is 0 Å². The van der Waals surface area contributed by atoms with Crippen LogP contribution in [0.25, 0.3) is 0 Å². The number of rotatable bonds is 2. The molecule has 1 aliphatic carbocycles. The fraction of sp³-hybridized carbons (Fsp3) is 0.778. The Morgan fingerprint density at radius 3 is 2.64 bits per heavy atom. The van der Waals surface area contributed by atoms with Crippen molar-refractivity contribution in [3.8, 4) is 0 Å². The van der Waals surface area contributed by atoms with Crippen LogP contribution in [0.5, 0.6) is 0 Å². The summed E-state index contributed by atoms with van der Waals surface area (Å²) in [6.07, 6.45) is 6.99. The topological polar surface area (TPSA) is 20.3 Å². The van der Waals surface area contributed by atoms with E-state index < -0.39 is 0 Å². The number of hydrogen-bond donors (Lipinski definition) is 0. The second-order valence-corrected chi connectivity index (χ2v) is 3.50. The largest absolute Gasteiger partial charge is 0.303 e. The van der Waals surface area contributed by atoms with E-state index in [9.17, 15) is 4.79 Å². The molecular weight excluding hydrogens is 138 g/mol. The van der Waals surface area contributed by atoms with E-state index in [-0.39, 0.29) is 0 Å². The van der Waals surface area contributed by atoms with Crippen molar-refractivity contribution >= 4 is 6.29 Å². The predicted octanol–water partition coefficient (Wildman–Crippen LogP) is 0.874. The second kappa shape index (κ2) is 2.94. The van der Waals surface area contributed by atoms with Crippen LogP contribution in [0, 0.1) is 12.3 Å². The van der Waals surface area contributed by atoms with Gasteiger partial charge in [-0.05, 0) is 38.8 Å². The maximum Gasteiger partial charge on any atom is 0.124 e. The van der Waals surface area contributed by atoms with Crippen molar-refractivity contribution in [3.63, 3.8) is 0 Å². The summed E-state index contributed by atoms with van der Waals surface area (Å²) in [6, 6.07) is 0.612. The van der Waals surface area contributed by atoms with E-state index in [1.165, 1.54) is 25.9 Å². The molecule has 2 fully saturated rings. The zero-order valence-corrected chi connectivity index (χ0v) is 6.70. The van der Waals surface area contributed by atoms with Gasteiger partial charge in [-0.2, -0.15) is 0 Å². The monoisotopic (exact) mass is 152 g/mol. The fourth-order valence-electron chi connectivity index (χ4n) is 1.87. The van der Waals surface area contributed by atoms with E-state index in [4.69, 9.17) is 0 Å². The lowest BCUT2D eigenvalue weighted by atomic mass is 10.1. The van der Waals surface area contributed by atoms with Gasteiger partial charge in [0.25, 0.3) is 0 Å². The van der Waals surface area contributed by atoms with Gasteiger partial charge in [-0.3, -0.25) is 4.90 Å². The SMILES string of the molecule is O=CC1CC1N1CC[CH]CC1. The van der Waals surface area contributed by atoms with Crippen molar-refractivity contribution in [2.45, 2.75) is 25.3 Å². The third-order valence-corrected chi connectivity index (χ3v) is 2.69. The molecule has 1 aliphatic heterocycles. The number of piperidine rings is 1. The smallest absolute Gasteiger partial charge is 0.124 e. The van der Waals surface area contributed by atoms with Gasteiger partial charge in [0.2, 0.25) is 0 Å². The average Bonchev–Trinajstić information content (AvgIpc) is 2.85. The third kappa shape index (κ3) is 1.45. The molecule has 2 rings (SSSR count). The first-order valence-corrected chi connectivity index (χ1v) is 4.43. The molecule has 0 amide bonds. The van der Waals surface area contributed by atoms with Crippen LogP contribution in [-0.2, 0) is 4.79 Å². The van der Waals surface area contributed by atoms with Gasteiger partial charge >= 0.3 is 0 Å². The zero-order valence-electron chi connectivity index (χ0n) is 6.70. The molecule has 0 aromatic rings. The number of likely N-dealkylation sites (tertiary alicyclic amines) is 1. The molecule has 0 N–H and O–H groups in total. The van der Waals surface area contributed by atoms with E-state index >= 15 is 0 Å². The van der Waals surface area contributed by atoms with E-state index in [0.717, 1.165) is 12.7 Å². The van der Waals surface area contributed by atoms with Crippen molar-refractivity contribution in [2.75, 3.05) is 13.1 Å². The maximum atomic E-state index is 10.4. The van der Waals surface area contributed by atoms with Gasteiger partial charge in [-0.15, -0.1) is 0 Å². The highest BCUT2D eigenvalue weighted by atomic mass is 16.1. The highest BCUT2D eigenvalue weighted by molar-refractivity contribution is 5.59. The molecule has 1 saturated heterocycles. The first-order chi connectivity index (χ1) is 5.42. The minimum Gasteiger partial charge on any atom is -0.303 e. The van der Waals surface area contributed by atoms with Crippen LogP contribution in [0.3, 0.4) is 0 Å². The van der Waals surface area contributed by atoms with Crippen LogP contribution >= 0.6 is 0 Å². The fourth-order valence-corrected chi connectivity index (χ4v) is 1.87. The van der Waals surface area contributed by atoms with Crippen molar-refractivity contribution in [1.82, 2.24) is 4.90 Å². The van der Waals surface area contributed by atoms with Gasteiger partial charge in [0.1, 0.15) is 6.29 Å². The van der Waals surface area contributed by atoms with Crippen molar-refractivity contribution in [2.24, 2.45) is 5.92 Å². The third-order valence-electron chi connectivity index (χ3n) is 2.69. The second-order valence-electron chi connectivity index (χ2n) is 3.50. The molecule has 11 heavy (non-hydrogen) atoms. The Labute approximate surface area is 67.6 Å². The summed E-state index contributed by atoms with van der Waals surface area (Å²) in [4.78, 5) is 12.8. The summed E-state index contributed by atoms with van der Waals surface area (Å²) >= 11 is 0. The molecule has 61 valence electrons. The van der Waals surface area contributed by atoms with E-state index in [0.29, 0.717) is 12.0 Å². The molecule has 2 unspecified atom stereocenters. The highest BCUT2D eigenvalue weighted by Gasteiger charge is 2.41. The Kier molecular flexibility index (Phi) is 1.95. The molecular formula is C9H14NO.